The molecule has 0 bridgehead atoms. The van der Waals surface area contributed by atoms with Gasteiger partial charge in [0.15, 0.2) is 11.3 Å². The highest BCUT2D eigenvalue weighted by Crippen LogP contribution is 2.28. The van der Waals surface area contributed by atoms with Crippen LogP contribution in [0, 0.1) is 0 Å². The van der Waals surface area contributed by atoms with E-state index in [2.05, 4.69) is 25.4 Å². The Morgan fingerprint density at radius 3 is 2.48 bits per heavy atom. The van der Waals surface area contributed by atoms with Crippen LogP contribution in [0.3, 0.4) is 0 Å². The van der Waals surface area contributed by atoms with Gasteiger partial charge in [0.1, 0.15) is 0 Å². The largest absolute Gasteiger partial charge is 0.289 e. The third-order valence-corrected chi connectivity index (χ3v) is 3.79. The third kappa shape index (κ3) is 2.92. The van der Waals surface area contributed by atoms with Gasteiger partial charge in [-0.2, -0.15) is 5.10 Å². The molecule has 7 nitrogen and oxygen atoms in total. The van der Waals surface area contributed by atoms with Gasteiger partial charge in [0.25, 0.3) is 5.91 Å². The average molecular weight is 351 g/mol. The molecule has 25 heavy (non-hydrogen) atoms. The van der Waals surface area contributed by atoms with Crippen LogP contribution in [-0.2, 0) is 0 Å². The lowest BCUT2D eigenvalue weighted by atomic mass is 10.1. The van der Waals surface area contributed by atoms with Gasteiger partial charge >= 0.3 is 0 Å². The molecule has 0 aliphatic rings. The Kier molecular flexibility index (Phi) is 3.83. The number of nitrogens with zero attached hydrogens (tertiary/aromatic N) is 5. The highest BCUT2D eigenvalue weighted by atomic mass is 35.5. The number of carbonyl (C=O) groups is 1. The van der Waals surface area contributed by atoms with Crippen LogP contribution in [0.1, 0.15) is 10.5 Å². The highest BCUT2D eigenvalue weighted by molar-refractivity contribution is 6.30. The number of benzene rings is 1. The number of hydrogen-bond donors (Lipinski definition) is 1. The molecule has 8 heteroatoms. The van der Waals surface area contributed by atoms with E-state index < -0.39 is 5.91 Å². The minimum Gasteiger partial charge on any atom is -0.289 e. The minimum atomic E-state index is -0.415. The molecule has 4 rings (SSSR count). The van der Waals surface area contributed by atoms with Crippen molar-refractivity contribution in [2.24, 2.45) is 0 Å². The smallest absolute Gasteiger partial charge is 0.279 e. The fourth-order valence-corrected chi connectivity index (χ4v) is 2.58. The zero-order chi connectivity index (χ0) is 17.2. The lowest BCUT2D eigenvalue weighted by Crippen LogP contribution is -2.15. The van der Waals surface area contributed by atoms with Crippen molar-refractivity contribution in [3.05, 3.63) is 71.9 Å². The van der Waals surface area contributed by atoms with Crippen molar-refractivity contribution in [3.8, 4) is 11.1 Å². The molecule has 0 atom stereocenters. The molecule has 0 saturated carbocycles. The Hall–Kier alpha value is -3.32. The number of fused-ring (bicyclic) bond motifs is 1. The minimum absolute atomic E-state index is 0.208. The van der Waals surface area contributed by atoms with E-state index in [1.807, 2.05) is 12.1 Å². The zero-order valence-electron chi connectivity index (χ0n) is 12.8. The molecule has 1 N–H and O–H groups in total. The molecule has 0 radical (unpaired) electrons. The van der Waals surface area contributed by atoms with E-state index in [4.69, 9.17) is 11.6 Å². The van der Waals surface area contributed by atoms with Crippen LogP contribution in [0.25, 0.3) is 16.8 Å². The molecular formula is C17H11ClN6O. The molecule has 0 unspecified atom stereocenters. The molecule has 0 aliphatic heterocycles. The van der Waals surface area contributed by atoms with Crippen molar-refractivity contribution in [1.82, 2.24) is 24.6 Å². The van der Waals surface area contributed by atoms with Gasteiger partial charge in [0.2, 0.25) is 5.95 Å². The van der Waals surface area contributed by atoms with E-state index in [9.17, 15) is 4.79 Å². The second-order valence-corrected chi connectivity index (χ2v) is 5.58. The van der Waals surface area contributed by atoms with Crippen LogP contribution in [0.2, 0.25) is 5.02 Å². The standard InChI is InChI=1S/C17H11ClN6O/c18-12-5-3-11(4-6-12)13-14(23-24-10-2-9-19-15(13)24)16(25)22-17-20-7-1-8-21-17/h1-10H,(H,20,21,22,25). The molecule has 1 aromatic carbocycles. The number of nitrogens with one attached hydrogen (secondary N) is 1. The van der Waals surface area contributed by atoms with E-state index in [1.165, 1.54) is 0 Å². The number of carbonyl (C=O) groups excluding carboxylic acids is 1. The Morgan fingerprint density at radius 2 is 1.72 bits per heavy atom. The number of halogens is 1. The van der Waals surface area contributed by atoms with E-state index in [0.29, 0.717) is 16.2 Å². The molecule has 3 aromatic heterocycles. The summed E-state index contributed by atoms with van der Waals surface area (Å²) in [6, 6.07) is 10.6. The van der Waals surface area contributed by atoms with Crippen LogP contribution in [0.5, 0.6) is 0 Å². The van der Waals surface area contributed by atoms with Crippen molar-refractivity contribution in [2.75, 3.05) is 5.32 Å². The lowest BCUT2D eigenvalue weighted by molar-refractivity contribution is 0.102. The number of rotatable bonds is 3. The first-order valence-electron chi connectivity index (χ1n) is 7.40. The van der Waals surface area contributed by atoms with Crippen molar-refractivity contribution in [1.29, 1.82) is 0 Å². The average Bonchev–Trinajstić information content (AvgIpc) is 3.03. The van der Waals surface area contributed by atoms with Gasteiger partial charge in [0.05, 0.1) is 5.56 Å². The van der Waals surface area contributed by atoms with Crippen LogP contribution >= 0.6 is 11.6 Å². The number of aromatic nitrogens is 5. The Balaban J connectivity index is 1.84. The van der Waals surface area contributed by atoms with Crippen molar-refractivity contribution in [3.63, 3.8) is 0 Å². The molecule has 122 valence electrons. The van der Waals surface area contributed by atoms with Crippen LogP contribution in [0.15, 0.2) is 61.2 Å². The van der Waals surface area contributed by atoms with Crippen LogP contribution in [0.4, 0.5) is 5.95 Å². The molecule has 4 aromatic rings. The Bertz CT molecular complexity index is 1050. The fraction of sp³-hybridized carbons (Fsp3) is 0. The maximum absolute atomic E-state index is 12.7. The van der Waals surface area contributed by atoms with Crippen molar-refractivity contribution < 1.29 is 4.79 Å². The molecule has 0 aliphatic carbocycles. The fourth-order valence-electron chi connectivity index (χ4n) is 2.45. The maximum atomic E-state index is 12.7. The first kappa shape index (κ1) is 15.2. The first-order valence-corrected chi connectivity index (χ1v) is 7.78. The van der Waals surface area contributed by atoms with Crippen molar-refractivity contribution in [2.45, 2.75) is 0 Å². The van der Waals surface area contributed by atoms with Gasteiger partial charge in [-0.25, -0.2) is 19.5 Å². The Morgan fingerprint density at radius 1 is 1.00 bits per heavy atom. The van der Waals surface area contributed by atoms with Gasteiger partial charge in [-0.1, -0.05) is 23.7 Å². The van der Waals surface area contributed by atoms with E-state index >= 15 is 0 Å². The van der Waals surface area contributed by atoms with Gasteiger partial charge in [-0.05, 0) is 29.8 Å². The summed E-state index contributed by atoms with van der Waals surface area (Å²) in [4.78, 5) is 25.1. The normalized spacial score (nSPS) is 10.8. The second kappa shape index (κ2) is 6.29. The zero-order valence-corrected chi connectivity index (χ0v) is 13.6. The van der Waals surface area contributed by atoms with E-state index in [-0.39, 0.29) is 11.6 Å². The molecule has 0 saturated heterocycles. The van der Waals surface area contributed by atoms with Crippen molar-refractivity contribution >= 4 is 29.1 Å². The highest BCUT2D eigenvalue weighted by Gasteiger charge is 2.22. The maximum Gasteiger partial charge on any atom is 0.279 e. The summed E-state index contributed by atoms with van der Waals surface area (Å²) >= 11 is 5.97. The summed E-state index contributed by atoms with van der Waals surface area (Å²) in [5.41, 5.74) is 2.21. The summed E-state index contributed by atoms with van der Waals surface area (Å²) < 4.78 is 1.56. The van der Waals surface area contributed by atoms with Crippen LogP contribution < -0.4 is 5.32 Å². The first-order chi connectivity index (χ1) is 12.2. The molecular weight excluding hydrogens is 340 g/mol. The van der Waals surface area contributed by atoms with E-state index in [1.54, 1.807) is 53.6 Å². The van der Waals surface area contributed by atoms with Gasteiger partial charge in [-0.15, -0.1) is 0 Å². The number of anilines is 1. The lowest BCUT2D eigenvalue weighted by Gasteiger charge is -2.04. The third-order valence-electron chi connectivity index (χ3n) is 3.53. The summed E-state index contributed by atoms with van der Waals surface area (Å²) in [5.74, 6) is -0.207. The summed E-state index contributed by atoms with van der Waals surface area (Å²) in [7, 11) is 0. The summed E-state index contributed by atoms with van der Waals surface area (Å²) in [5, 5.41) is 7.62. The SMILES string of the molecule is O=C(Nc1ncccn1)c1nn2cccnc2c1-c1ccc(Cl)cc1. The molecule has 0 fully saturated rings. The van der Waals surface area contributed by atoms with E-state index in [0.717, 1.165) is 5.56 Å². The van der Waals surface area contributed by atoms with Gasteiger partial charge in [0, 0.05) is 29.8 Å². The molecule has 3 heterocycles. The van der Waals surface area contributed by atoms with Crippen LogP contribution in [-0.4, -0.2) is 30.5 Å². The predicted molar refractivity (Wildman–Crippen MR) is 93.4 cm³/mol. The van der Waals surface area contributed by atoms with Gasteiger partial charge in [-0.3, -0.25) is 10.1 Å². The van der Waals surface area contributed by atoms with Gasteiger partial charge < -0.3 is 0 Å². The Labute approximate surface area is 147 Å². The molecule has 0 spiro atoms. The predicted octanol–water partition coefficient (Wildman–Crippen LogP) is 3.09. The topological polar surface area (TPSA) is 85.1 Å². The summed E-state index contributed by atoms with van der Waals surface area (Å²) in [6.07, 6.45) is 6.48. The number of hydrogen-bond acceptors (Lipinski definition) is 5. The quantitative estimate of drug-likeness (QED) is 0.613. The summed E-state index contributed by atoms with van der Waals surface area (Å²) in [6.45, 7) is 0. The molecule has 1 amide bonds. The second-order valence-electron chi connectivity index (χ2n) is 5.14. The number of amides is 1. The monoisotopic (exact) mass is 350 g/mol.